The smallest absolute Gasteiger partial charge is 0.0964 e. The average Bonchev–Trinajstić information content (AvgIpc) is 2.29. The first-order valence-electron chi connectivity index (χ1n) is 4.53. The minimum atomic E-state index is 0. The van der Waals surface area contributed by atoms with E-state index >= 15 is 0 Å². The molecule has 0 saturated heterocycles. The van der Waals surface area contributed by atoms with Crippen LogP contribution in [0.4, 0.5) is 0 Å². The molecule has 1 aromatic carbocycles. The van der Waals surface area contributed by atoms with E-state index in [4.69, 9.17) is 0 Å². The number of aromatic nitrogens is 2. The monoisotopic (exact) mass is 320 g/mol. The molecular weight excluding hydrogens is 309 g/mol. The van der Waals surface area contributed by atoms with Gasteiger partial charge in [-0.05, 0) is 12.1 Å². The summed E-state index contributed by atoms with van der Waals surface area (Å²) < 4.78 is 0. The van der Waals surface area contributed by atoms with Crippen LogP contribution in [0.5, 0.6) is 0 Å². The Hall–Kier alpha value is -0.389. The van der Waals surface area contributed by atoms with E-state index in [-0.39, 0.29) is 48.9 Å². The second-order valence-corrected chi connectivity index (χ2v) is 3.22. The summed E-state index contributed by atoms with van der Waals surface area (Å²) in [5.41, 5.74) is 1.95. The average molecular weight is 320 g/mol. The van der Waals surface area contributed by atoms with Crippen LogP contribution in [0, 0.1) is 0 Å². The van der Waals surface area contributed by atoms with Crippen molar-refractivity contribution in [3.8, 4) is 0 Å². The van der Waals surface area contributed by atoms with Crippen LogP contribution in [0.3, 0.4) is 0 Å². The first-order valence-corrected chi connectivity index (χ1v) is 4.53. The van der Waals surface area contributed by atoms with Crippen molar-refractivity contribution < 1.29 is 0 Å². The van der Waals surface area contributed by atoms with E-state index in [9.17, 15) is 0 Å². The van der Waals surface area contributed by atoms with Gasteiger partial charge in [-0.1, -0.05) is 24.3 Å². The molecule has 2 heterocycles. The van der Waals surface area contributed by atoms with Crippen LogP contribution < -0.4 is 0 Å². The molecular formula is C12H10BaN2. The molecule has 0 saturated carbocycles. The Morgan fingerprint density at radius 3 is 1.60 bits per heavy atom. The Balaban J connectivity index is 0.000000853. The zero-order chi connectivity index (χ0) is 9.38. The third-order valence-electron chi connectivity index (χ3n) is 2.34. The minimum absolute atomic E-state index is 0. The van der Waals surface area contributed by atoms with Gasteiger partial charge in [0.2, 0.25) is 0 Å². The van der Waals surface area contributed by atoms with E-state index in [1.54, 1.807) is 12.4 Å². The number of nitrogens with zero attached hydrogens (tertiary/aromatic N) is 2. The molecule has 15 heavy (non-hydrogen) atoms. The Morgan fingerprint density at radius 1 is 0.667 bits per heavy atom. The number of benzene rings is 1. The maximum atomic E-state index is 4.35. The maximum absolute atomic E-state index is 4.35. The summed E-state index contributed by atoms with van der Waals surface area (Å²) in [7, 11) is 0. The molecule has 0 bridgehead atoms. The van der Waals surface area contributed by atoms with Crippen molar-refractivity contribution >= 4 is 70.7 Å². The fourth-order valence-corrected chi connectivity index (χ4v) is 1.68. The predicted molar refractivity (Wildman–Crippen MR) is 65.6 cm³/mol. The van der Waals surface area contributed by atoms with Crippen molar-refractivity contribution in [3.63, 3.8) is 0 Å². The Labute approximate surface area is 128 Å². The van der Waals surface area contributed by atoms with Gasteiger partial charge in [-0.15, -0.1) is 0 Å². The van der Waals surface area contributed by atoms with Crippen molar-refractivity contribution in [2.75, 3.05) is 0 Å². The first kappa shape index (κ1) is 11.1. The fraction of sp³-hybridized carbons (Fsp3) is 0. The normalized spacial score (nSPS) is 10.1. The van der Waals surface area contributed by atoms with Crippen molar-refractivity contribution in [3.05, 3.63) is 48.8 Å². The summed E-state index contributed by atoms with van der Waals surface area (Å²) in [5, 5.41) is 2.28. The van der Waals surface area contributed by atoms with Gasteiger partial charge < -0.3 is 0 Å². The summed E-state index contributed by atoms with van der Waals surface area (Å²) >= 11 is 0. The van der Waals surface area contributed by atoms with Crippen LogP contribution in [0.1, 0.15) is 0 Å². The number of hydrogen-bond donors (Lipinski definition) is 0. The van der Waals surface area contributed by atoms with Gasteiger partial charge in [0, 0.05) is 23.2 Å². The summed E-state index contributed by atoms with van der Waals surface area (Å²) in [5.74, 6) is 0. The molecule has 0 unspecified atom stereocenters. The van der Waals surface area contributed by atoms with E-state index < -0.39 is 0 Å². The van der Waals surface area contributed by atoms with Crippen LogP contribution in [0.2, 0.25) is 0 Å². The first-order chi connectivity index (χ1) is 6.95. The Bertz CT molecular complexity index is 553. The summed E-state index contributed by atoms with van der Waals surface area (Å²) in [6.45, 7) is 0. The van der Waals surface area contributed by atoms with Gasteiger partial charge >= 0.3 is 48.9 Å². The third kappa shape index (κ3) is 1.96. The van der Waals surface area contributed by atoms with Gasteiger partial charge in [-0.3, -0.25) is 9.97 Å². The van der Waals surface area contributed by atoms with E-state index in [1.165, 1.54) is 0 Å². The van der Waals surface area contributed by atoms with E-state index in [0.29, 0.717) is 0 Å². The van der Waals surface area contributed by atoms with Gasteiger partial charge in [-0.2, -0.15) is 0 Å². The molecule has 2 nitrogen and oxygen atoms in total. The summed E-state index contributed by atoms with van der Waals surface area (Å²) in [4.78, 5) is 8.69. The summed E-state index contributed by atoms with van der Waals surface area (Å²) in [6, 6.07) is 12.1. The van der Waals surface area contributed by atoms with Crippen LogP contribution >= 0.6 is 0 Å². The standard InChI is InChI=1S/C12H8N2.Ba.2H/c1-3-9-5-6-10-4-2-8-14-12(10)11(9)13-7-1;;;/h1-8H;;;. The van der Waals surface area contributed by atoms with Gasteiger partial charge in [0.15, 0.2) is 0 Å². The van der Waals surface area contributed by atoms with E-state index in [1.807, 2.05) is 12.1 Å². The molecule has 0 fully saturated rings. The van der Waals surface area contributed by atoms with E-state index in [0.717, 1.165) is 21.8 Å². The molecule has 3 rings (SSSR count). The minimum Gasteiger partial charge on any atom is -0.254 e. The number of hydrogen-bond acceptors (Lipinski definition) is 2. The maximum Gasteiger partial charge on any atom is 0.0964 e. The molecule has 0 aliphatic carbocycles. The zero-order valence-electron chi connectivity index (χ0n) is 7.51. The summed E-state index contributed by atoms with van der Waals surface area (Å²) in [6.07, 6.45) is 3.60. The van der Waals surface area contributed by atoms with Gasteiger partial charge in [0.1, 0.15) is 0 Å². The molecule has 2 aromatic heterocycles. The van der Waals surface area contributed by atoms with Gasteiger partial charge in [-0.25, -0.2) is 0 Å². The molecule has 0 aliphatic heterocycles. The Kier molecular flexibility index (Phi) is 3.43. The number of pyridine rings is 2. The Morgan fingerprint density at radius 2 is 1.13 bits per heavy atom. The molecule has 0 radical (unpaired) electrons. The second-order valence-electron chi connectivity index (χ2n) is 3.22. The predicted octanol–water partition coefficient (Wildman–Crippen LogP) is 1.87. The number of rotatable bonds is 0. The number of fused-ring (bicyclic) bond motifs is 3. The molecule has 0 N–H and O–H groups in total. The SMILES string of the molecule is [BaH2].c1cnc2c(c1)ccc1cccnc12. The molecule has 0 amide bonds. The zero-order valence-corrected chi connectivity index (χ0v) is 7.51. The topological polar surface area (TPSA) is 25.8 Å². The quantitative estimate of drug-likeness (QED) is 0.467. The van der Waals surface area contributed by atoms with Crippen molar-refractivity contribution in [2.24, 2.45) is 0 Å². The largest absolute Gasteiger partial charge is 0.254 e. The van der Waals surface area contributed by atoms with Crippen molar-refractivity contribution in [1.82, 2.24) is 9.97 Å². The molecule has 0 aliphatic rings. The van der Waals surface area contributed by atoms with Gasteiger partial charge in [0.25, 0.3) is 0 Å². The second kappa shape index (κ2) is 4.64. The van der Waals surface area contributed by atoms with E-state index in [2.05, 4.69) is 34.2 Å². The van der Waals surface area contributed by atoms with Crippen LogP contribution in [-0.2, 0) is 0 Å². The fourth-order valence-electron chi connectivity index (χ4n) is 1.68. The van der Waals surface area contributed by atoms with Crippen molar-refractivity contribution in [1.29, 1.82) is 0 Å². The van der Waals surface area contributed by atoms with Crippen LogP contribution in [0.25, 0.3) is 21.8 Å². The van der Waals surface area contributed by atoms with Gasteiger partial charge in [0.05, 0.1) is 11.0 Å². The molecule has 0 spiro atoms. The van der Waals surface area contributed by atoms with Crippen LogP contribution in [-0.4, -0.2) is 58.8 Å². The molecule has 70 valence electrons. The molecule has 0 atom stereocenters. The molecule has 3 heteroatoms. The van der Waals surface area contributed by atoms with Crippen LogP contribution in [0.15, 0.2) is 48.8 Å². The third-order valence-corrected chi connectivity index (χ3v) is 2.34. The molecule has 3 aromatic rings. The van der Waals surface area contributed by atoms with Crippen molar-refractivity contribution in [2.45, 2.75) is 0 Å².